The molecular weight excluding hydrogens is 374 g/mol. The van der Waals surface area contributed by atoms with Crippen molar-refractivity contribution in [1.29, 1.82) is 0 Å². The van der Waals surface area contributed by atoms with Crippen LogP contribution in [0.4, 0.5) is 16.2 Å². The Morgan fingerprint density at radius 3 is 2.47 bits per heavy atom. The van der Waals surface area contributed by atoms with Gasteiger partial charge in [-0.3, -0.25) is 4.79 Å². The second-order valence-electron chi connectivity index (χ2n) is 7.98. The first kappa shape index (κ1) is 18.4. The number of urea groups is 1. The summed E-state index contributed by atoms with van der Waals surface area (Å²) in [7, 11) is 0. The number of amides is 3. The molecule has 0 spiro atoms. The van der Waals surface area contributed by atoms with E-state index in [2.05, 4.69) is 46.3 Å². The molecule has 0 saturated heterocycles. The second kappa shape index (κ2) is 7.67. The van der Waals surface area contributed by atoms with E-state index in [0.29, 0.717) is 6.54 Å². The molecule has 5 nitrogen and oxygen atoms in total. The Kier molecular flexibility index (Phi) is 4.71. The molecule has 0 atom stereocenters. The monoisotopic (exact) mass is 397 g/mol. The SMILES string of the molecule is O=C(NCc1cccc(NC(=O)C2CC2)c1)Nc1ccc2c(c1)Cc1ccccc1-2. The predicted octanol–water partition coefficient (Wildman–Crippen LogP) is 4.93. The number of rotatable bonds is 5. The Labute approximate surface area is 175 Å². The lowest BCUT2D eigenvalue weighted by atomic mass is 10.1. The zero-order valence-corrected chi connectivity index (χ0v) is 16.6. The summed E-state index contributed by atoms with van der Waals surface area (Å²) in [6.07, 6.45) is 2.84. The normalized spacial score (nSPS) is 13.9. The molecule has 0 heterocycles. The van der Waals surface area contributed by atoms with Crippen LogP contribution in [-0.4, -0.2) is 11.9 Å². The average molecular weight is 397 g/mol. The minimum absolute atomic E-state index is 0.0802. The van der Waals surface area contributed by atoms with Crippen LogP contribution >= 0.6 is 0 Å². The minimum atomic E-state index is -0.252. The van der Waals surface area contributed by atoms with E-state index in [1.54, 1.807) is 0 Å². The minimum Gasteiger partial charge on any atom is -0.334 e. The topological polar surface area (TPSA) is 70.2 Å². The summed E-state index contributed by atoms with van der Waals surface area (Å²) in [4.78, 5) is 24.3. The molecule has 1 fully saturated rings. The van der Waals surface area contributed by atoms with E-state index in [4.69, 9.17) is 0 Å². The summed E-state index contributed by atoms with van der Waals surface area (Å²) < 4.78 is 0. The Morgan fingerprint density at radius 2 is 1.60 bits per heavy atom. The standard InChI is InChI=1S/C25H23N3O2/c29-24(17-8-9-17)27-20-6-3-4-16(12-20)15-26-25(30)28-21-10-11-23-19(14-21)13-18-5-1-2-7-22(18)23/h1-7,10-12,14,17H,8-9,13,15H2,(H,27,29)(H2,26,28,30). The molecule has 30 heavy (non-hydrogen) atoms. The molecule has 0 aromatic heterocycles. The zero-order chi connectivity index (χ0) is 20.5. The molecule has 2 aliphatic rings. The van der Waals surface area contributed by atoms with Crippen molar-refractivity contribution in [3.63, 3.8) is 0 Å². The van der Waals surface area contributed by atoms with E-state index < -0.39 is 0 Å². The van der Waals surface area contributed by atoms with E-state index in [1.807, 2.05) is 36.4 Å². The van der Waals surface area contributed by atoms with Gasteiger partial charge in [0.15, 0.2) is 0 Å². The molecule has 5 rings (SSSR count). The third kappa shape index (κ3) is 3.92. The van der Waals surface area contributed by atoms with Gasteiger partial charge in [0.1, 0.15) is 0 Å². The fourth-order valence-corrected chi connectivity index (χ4v) is 3.93. The highest BCUT2D eigenvalue weighted by Gasteiger charge is 2.29. The highest BCUT2D eigenvalue weighted by Crippen LogP contribution is 2.37. The molecule has 3 N–H and O–H groups in total. The average Bonchev–Trinajstić information content (AvgIpc) is 3.54. The van der Waals surface area contributed by atoms with Crippen LogP contribution in [0.1, 0.15) is 29.5 Å². The maximum absolute atomic E-state index is 12.4. The van der Waals surface area contributed by atoms with Crippen LogP contribution in [0, 0.1) is 5.92 Å². The first-order valence-corrected chi connectivity index (χ1v) is 10.3. The summed E-state index contributed by atoms with van der Waals surface area (Å²) in [5, 5.41) is 8.74. The van der Waals surface area contributed by atoms with E-state index in [-0.39, 0.29) is 17.9 Å². The molecule has 3 aromatic rings. The Balaban J connectivity index is 1.18. The van der Waals surface area contributed by atoms with Gasteiger partial charge in [-0.05, 0) is 71.3 Å². The van der Waals surface area contributed by atoms with Crippen LogP contribution in [0.3, 0.4) is 0 Å². The number of hydrogen-bond acceptors (Lipinski definition) is 2. The number of hydrogen-bond donors (Lipinski definition) is 3. The molecule has 0 bridgehead atoms. The van der Waals surface area contributed by atoms with Crippen molar-refractivity contribution in [3.8, 4) is 11.1 Å². The zero-order valence-electron chi connectivity index (χ0n) is 16.6. The molecule has 3 amide bonds. The maximum Gasteiger partial charge on any atom is 0.319 e. The van der Waals surface area contributed by atoms with Crippen LogP contribution < -0.4 is 16.0 Å². The lowest BCUT2D eigenvalue weighted by molar-refractivity contribution is -0.117. The molecule has 0 radical (unpaired) electrons. The molecule has 2 aliphatic carbocycles. The largest absolute Gasteiger partial charge is 0.334 e. The summed E-state index contributed by atoms with van der Waals surface area (Å²) in [5.74, 6) is 0.245. The van der Waals surface area contributed by atoms with Crippen LogP contribution in [-0.2, 0) is 17.8 Å². The van der Waals surface area contributed by atoms with E-state index in [1.165, 1.54) is 22.3 Å². The predicted molar refractivity (Wildman–Crippen MR) is 118 cm³/mol. The van der Waals surface area contributed by atoms with Crippen molar-refractivity contribution in [2.45, 2.75) is 25.8 Å². The van der Waals surface area contributed by atoms with Crippen molar-refractivity contribution in [3.05, 3.63) is 83.4 Å². The number of nitrogens with one attached hydrogen (secondary N) is 3. The van der Waals surface area contributed by atoms with Crippen molar-refractivity contribution in [1.82, 2.24) is 5.32 Å². The number of benzene rings is 3. The highest BCUT2D eigenvalue weighted by molar-refractivity contribution is 5.94. The lowest BCUT2D eigenvalue weighted by Gasteiger charge is -2.11. The highest BCUT2D eigenvalue weighted by atomic mass is 16.2. The van der Waals surface area contributed by atoms with E-state index in [9.17, 15) is 9.59 Å². The Hall–Kier alpha value is -3.60. The van der Waals surface area contributed by atoms with Crippen LogP contribution in [0.5, 0.6) is 0 Å². The summed E-state index contributed by atoms with van der Waals surface area (Å²) in [6, 6.07) is 21.8. The van der Waals surface area contributed by atoms with Crippen LogP contribution in [0.25, 0.3) is 11.1 Å². The first-order valence-electron chi connectivity index (χ1n) is 10.3. The van der Waals surface area contributed by atoms with Crippen LogP contribution in [0.2, 0.25) is 0 Å². The number of anilines is 2. The summed E-state index contributed by atoms with van der Waals surface area (Å²) >= 11 is 0. The molecule has 3 aromatic carbocycles. The van der Waals surface area contributed by atoms with E-state index in [0.717, 1.165) is 36.2 Å². The fraction of sp³-hybridized carbons (Fsp3) is 0.200. The molecular formula is C25H23N3O2. The van der Waals surface area contributed by atoms with Gasteiger partial charge in [0, 0.05) is 23.8 Å². The second-order valence-corrected chi connectivity index (χ2v) is 7.98. The Bertz CT molecular complexity index is 1130. The summed E-state index contributed by atoms with van der Waals surface area (Å²) in [5.41, 5.74) is 7.55. The van der Waals surface area contributed by atoms with E-state index >= 15 is 0 Å². The van der Waals surface area contributed by atoms with Crippen molar-refractivity contribution in [2.24, 2.45) is 5.92 Å². The van der Waals surface area contributed by atoms with Gasteiger partial charge in [0.05, 0.1) is 0 Å². The molecule has 150 valence electrons. The Morgan fingerprint density at radius 1 is 0.800 bits per heavy atom. The smallest absolute Gasteiger partial charge is 0.319 e. The van der Waals surface area contributed by atoms with Gasteiger partial charge in [-0.25, -0.2) is 4.79 Å². The molecule has 5 heteroatoms. The van der Waals surface area contributed by atoms with Crippen molar-refractivity contribution >= 4 is 23.3 Å². The third-order valence-corrected chi connectivity index (χ3v) is 5.65. The molecule has 0 unspecified atom stereocenters. The molecule has 0 aliphatic heterocycles. The van der Waals surface area contributed by atoms with Crippen molar-refractivity contribution < 1.29 is 9.59 Å². The van der Waals surface area contributed by atoms with Gasteiger partial charge >= 0.3 is 6.03 Å². The van der Waals surface area contributed by atoms with Gasteiger partial charge in [-0.15, -0.1) is 0 Å². The maximum atomic E-state index is 12.4. The molecule has 1 saturated carbocycles. The van der Waals surface area contributed by atoms with Gasteiger partial charge < -0.3 is 16.0 Å². The van der Waals surface area contributed by atoms with Gasteiger partial charge in [-0.2, -0.15) is 0 Å². The van der Waals surface area contributed by atoms with Crippen molar-refractivity contribution in [2.75, 3.05) is 10.6 Å². The first-order chi connectivity index (χ1) is 14.7. The quantitative estimate of drug-likeness (QED) is 0.447. The summed E-state index contributed by atoms with van der Waals surface area (Å²) in [6.45, 7) is 0.384. The van der Waals surface area contributed by atoms with Gasteiger partial charge in [0.2, 0.25) is 5.91 Å². The fourth-order valence-electron chi connectivity index (χ4n) is 3.93. The number of fused-ring (bicyclic) bond motifs is 3. The third-order valence-electron chi connectivity index (χ3n) is 5.65. The van der Waals surface area contributed by atoms with Gasteiger partial charge in [0.25, 0.3) is 0 Å². The van der Waals surface area contributed by atoms with Crippen LogP contribution in [0.15, 0.2) is 66.7 Å². The number of carbonyl (C=O) groups is 2. The number of carbonyl (C=O) groups excluding carboxylic acids is 2. The lowest BCUT2D eigenvalue weighted by Crippen LogP contribution is -2.28. The van der Waals surface area contributed by atoms with Gasteiger partial charge in [-0.1, -0.05) is 42.5 Å².